The Kier molecular flexibility index (Phi) is 9.49. The number of hydrogen-bond acceptors (Lipinski definition) is 3. The first kappa shape index (κ1) is 23.7. The Bertz CT molecular complexity index is 908. The molecular formula is C29H37NO2. The van der Waals surface area contributed by atoms with E-state index in [2.05, 4.69) is 92.8 Å². The molecule has 0 aliphatic heterocycles. The number of anilines is 1. The monoisotopic (exact) mass is 431 g/mol. The SMILES string of the molecule is CCC(CNc1ccc(OCCCc2ccccc2)cc1)Oc1ccccc1C(C)CC. The van der Waals surface area contributed by atoms with Crippen LogP contribution in [0.1, 0.15) is 57.1 Å². The standard InChI is InChI=1S/C29H37NO2/c1-4-23(3)28-15-9-10-16-29(28)32-26(5-2)22-30-25-17-19-27(20-18-25)31-21-11-14-24-12-7-6-8-13-24/h6-10,12-13,15-20,23,26,30H,4-5,11,14,21-22H2,1-3H3. The lowest BCUT2D eigenvalue weighted by atomic mass is 9.98. The molecule has 0 radical (unpaired) electrons. The third kappa shape index (κ3) is 7.33. The van der Waals surface area contributed by atoms with Gasteiger partial charge in [-0.3, -0.25) is 0 Å². The van der Waals surface area contributed by atoms with E-state index >= 15 is 0 Å². The second-order valence-corrected chi connectivity index (χ2v) is 8.34. The Morgan fingerprint density at radius 1 is 0.812 bits per heavy atom. The van der Waals surface area contributed by atoms with Crippen molar-refractivity contribution < 1.29 is 9.47 Å². The van der Waals surface area contributed by atoms with Gasteiger partial charge in [-0.25, -0.2) is 0 Å². The smallest absolute Gasteiger partial charge is 0.123 e. The maximum absolute atomic E-state index is 6.38. The summed E-state index contributed by atoms with van der Waals surface area (Å²) in [7, 11) is 0. The quantitative estimate of drug-likeness (QED) is 0.285. The highest BCUT2D eigenvalue weighted by Gasteiger charge is 2.14. The summed E-state index contributed by atoms with van der Waals surface area (Å²) in [6, 6.07) is 27.2. The molecule has 0 aliphatic carbocycles. The zero-order valence-corrected chi connectivity index (χ0v) is 19.7. The zero-order valence-electron chi connectivity index (χ0n) is 19.7. The second kappa shape index (κ2) is 12.8. The average molecular weight is 432 g/mol. The molecule has 0 fully saturated rings. The van der Waals surface area contributed by atoms with E-state index in [9.17, 15) is 0 Å². The lowest BCUT2D eigenvalue weighted by Crippen LogP contribution is -2.26. The Morgan fingerprint density at radius 3 is 2.25 bits per heavy atom. The summed E-state index contributed by atoms with van der Waals surface area (Å²) in [6.07, 6.45) is 4.23. The fraction of sp³-hybridized carbons (Fsp3) is 0.379. The Hall–Kier alpha value is -2.94. The topological polar surface area (TPSA) is 30.5 Å². The fourth-order valence-electron chi connectivity index (χ4n) is 3.68. The third-order valence-electron chi connectivity index (χ3n) is 5.92. The predicted octanol–water partition coefficient (Wildman–Crippen LogP) is 7.48. The largest absolute Gasteiger partial charge is 0.494 e. The molecule has 3 aromatic rings. The van der Waals surface area contributed by atoms with E-state index in [1.807, 2.05) is 12.1 Å². The molecule has 0 spiro atoms. The van der Waals surface area contributed by atoms with Crippen molar-refractivity contribution in [1.82, 2.24) is 0 Å². The molecule has 0 saturated heterocycles. The highest BCUT2D eigenvalue weighted by Crippen LogP contribution is 2.29. The Labute approximate surface area is 193 Å². The van der Waals surface area contributed by atoms with Gasteiger partial charge in [0.15, 0.2) is 0 Å². The first-order chi connectivity index (χ1) is 15.7. The average Bonchev–Trinajstić information content (AvgIpc) is 2.85. The summed E-state index contributed by atoms with van der Waals surface area (Å²) in [5, 5.41) is 3.51. The predicted molar refractivity (Wildman–Crippen MR) is 135 cm³/mol. The van der Waals surface area contributed by atoms with Gasteiger partial charge in [-0.1, -0.05) is 69.3 Å². The van der Waals surface area contributed by atoms with Crippen molar-refractivity contribution in [2.45, 2.75) is 58.5 Å². The first-order valence-corrected chi connectivity index (χ1v) is 12.0. The molecule has 1 N–H and O–H groups in total. The number of nitrogens with one attached hydrogen (secondary N) is 1. The number of benzene rings is 3. The molecule has 0 aliphatic rings. The minimum Gasteiger partial charge on any atom is -0.494 e. The number of ether oxygens (including phenoxy) is 2. The van der Waals surface area contributed by atoms with Crippen LogP contribution in [0.4, 0.5) is 5.69 Å². The van der Waals surface area contributed by atoms with Crippen molar-refractivity contribution in [3.63, 3.8) is 0 Å². The maximum Gasteiger partial charge on any atom is 0.123 e. The fourth-order valence-corrected chi connectivity index (χ4v) is 3.68. The summed E-state index contributed by atoms with van der Waals surface area (Å²) in [4.78, 5) is 0. The van der Waals surface area contributed by atoms with Gasteiger partial charge < -0.3 is 14.8 Å². The van der Waals surface area contributed by atoms with Crippen LogP contribution in [0.15, 0.2) is 78.9 Å². The summed E-state index contributed by atoms with van der Waals surface area (Å²) < 4.78 is 12.3. The van der Waals surface area contributed by atoms with E-state index in [4.69, 9.17) is 9.47 Å². The van der Waals surface area contributed by atoms with E-state index in [0.717, 1.165) is 56.0 Å². The van der Waals surface area contributed by atoms with Gasteiger partial charge in [-0.05, 0) is 73.1 Å². The molecular weight excluding hydrogens is 394 g/mol. The normalized spacial score (nSPS) is 12.7. The second-order valence-electron chi connectivity index (χ2n) is 8.34. The van der Waals surface area contributed by atoms with Crippen LogP contribution in [-0.2, 0) is 6.42 Å². The van der Waals surface area contributed by atoms with E-state index < -0.39 is 0 Å². The van der Waals surface area contributed by atoms with Crippen LogP contribution in [0.2, 0.25) is 0 Å². The van der Waals surface area contributed by atoms with Crippen molar-refractivity contribution in [1.29, 1.82) is 0 Å². The molecule has 3 nitrogen and oxygen atoms in total. The lowest BCUT2D eigenvalue weighted by Gasteiger charge is -2.22. The van der Waals surface area contributed by atoms with Crippen LogP contribution < -0.4 is 14.8 Å². The van der Waals surface area contributed by atoms with Gasteiger partial charge in [0.05, 0.1) is 13.2 Å². The molecule has 0 saturated carbocycles. The molecule has 3 heteroatoms. The first-order valence-electron chi connectivity index (χ1n) is 12.0. The van der Waals surface area contributed by atoms with Crippen molar-refractivity contribution in [3.8, 4) is 11.5 Å². The lowest BCUT2D eigenvalue weighted by molar-refractivity contribution is 0.207. The van der Waals surface area contributed by atoms with E-state index in [1.54, 1.807) is 0 Å². The van der Waals surface area contributed by atoms with E-state index in [1.165, 1.54) is 11.1 Å². The van der Waals surface area contributed by atoms with Gasteiger partial charge in [-0.15, -0.1) is 0 Å². The summed E-state index contributed by atoms with van der Waals surface area (Å²) in [5.74, 6) is 2.42. The van der Waals surface area contributed by atoms with Crippen molar-refractivity contribution in [2.75, 3.05) is 18.5 Å². The molecule has 3 rings (SSSR count). The molecule has 0 bridgehead atoms. The Morgan fingerprint density at radius 2 is 1.53 bits per heavy atom. The van der Waals surface area contributed by atoms with Gasteiger partial charge >= 0.3 is 0 Å². The van der Waals surface area contributed by atoms with Crippen molar-refractivity contribution >= 4 is 5.69 Å². The Balaban J connectivity index is 1.44. The van der Waals surface area contributed by atoms with E-state index in [0.29, 0.717) is 5.92 Å². The summed E-state index contributed by atoms with van der Waals surface area (Å²) >= 11 is 0. The minimum absolute atomic E-state index is 0.120. The zero-order chi connectivity index (χ0) is 22.6. The number of para-hydroxylation sites is 1. The van der Waals surface area contributed by atoms with Crippen molar-refractivity contribution in [3.05, 3.63) is 90.0 Å². The highest BCUT2D eigenvalue weighted by atomic mass is 16.5. The molecule has 0 amide bonds. The summed E-state index contributed by atoms with van der Waals surface area (Å²) in [5.41, 5.74) is 3.73. The highest BCUT2D eigenvalue weighted by molar-refractivity contribution is 5.46. The minimum atomic E-state index is 0.120. The van der Waals surface area contributed by atoms with Crippen LogP contribution in [-0.4, -0.2) is 19.3 Å². The molecule has 32 heavy (non-hydrogen) atoms. The van der Waals surface area contributed by atoms with Gasteiger partial charge in [0, 0.05) is 5.69 Å². The number of hydrogen-bond donors (Lipinski definition) is 1. The molecule has 3 aromatic carbocycles. The number of aryl methyl sites for hydroxylation is 1. The van der Waals surface area contributed by atoms with Gasteiger partial charge in [0.25, 0.3) is 0 Å². The van der Waals surface area contributed by atoms with Crippen molar-refractivity contribution in [2.24, 2.45) is 0 Å². The third-order valence-corrected chi connectivity index (χ3v) is 5.92. The van der Waals surface area contributed by atoms with Gasteiger partial charge in [-0.2, -0.15) is 0 Å². The molecule has 2 unspecified atom stereocenters. The van der Waals surface area contributed by atoms with Crippen LogP contribution in [0.25, 0.3) is 0 Å². The molecule has 170 valence electrons. The van der Waals surface area contributed by atoms with Gasteiger partial charge in [0.1, 0.15) is 17.6 Å². The van der Waals surface area contributed by atoms with E-state index in [-0.39, 0.29) is 6.10 Å². The van der Waals surface area contributed by atoms with Crippen LogP contribution in [0.3, 0.4) is 0 Å². The van der Waals surface area contributed by atoms with Crippen LogP contribution >= 0.6 is 0 Å². The molecule has 0 heterocycles. The number of rotatable bonds is 13. The van der Waals surface area contributed by atoms with Gasteiger partial charge in [0.2, 0.25) is 0 Å². The van der Waals surface area contributed by atoms with Crippen LogP contribution in [0.5, 0.6) is 11.5 Å². The molecule has 0 aromatic heterocycles. The van der Waals surface area contributed by atoms with Crippen LogP contribution in [0, 0.1) is 0 Å². The molecule has 2 atom stereocenters. The summed E-state index contributed by atoms with van der Waals surface area (Å²) in [6.45, 7) is 8.14. The maximum atomic E-state index is 6.38.